The summed E-state index contributed by atoms with van der Waals surface area (Å²) in [5.41, 5.74) is -1.47. The van der Waals surface area contributed by atoms with Crippen LogP contribution in [0.15, 0.2) is 66.7 Å². The van der Waals surface area contributed by atoms with Crippen LogP contribution in [0, 0.1) is 6.92 Å². The lowest BCUT2D eigenvalue weighted by molar-refractivity contribution is -0.317. The van der Waals surface area contributed by atoms with Gasteiger partial charge in [0, 0.05) is 0 Å². The molecule has 0 aliphatic carbocycles. The van der Waals surface area contributed by atoms with Crippen molar-refractivity contribution in [1.82, 2.24) is 0 Å². The van der Waals surface area contributed by atoms with Crippen molar-refractivity contribution in [3.8, 4) is 0 Å². The van der Waals surface area contributed by atoms with Gasteiger partial charge >= 0.3 is 5.97 Å². The van der Waals surface area contributed by atoms with Gasteiger partial charge in [-0.15, -0.1) is 0 Å². The first-order valence-corrected chi connectivity index (χ1v) is 8.16. The lowest BCUT2D eigenvalue weighted by Gasteiger charge is -2.37. The van der Waals surface area contributed by atoms with Crippen molar-refractivity contribution >= 4 is 17.9 Å². The molecule has 0 saturated carbocycles. The van der Waals surface area contributed by atoms with Gasteiger partial charge in [0.15, 0.2) is 0 Å². The summed E-state index contributed by atoms with van der Waals surface area (Å²) in [5.74, 6) is -4.45. The summed E-state index contributed by atoms with van der Waals surface area (Å²) in [5, 5.41) is 23.4. The molecule has 0 fully saturated rings. The van der Waals surface area contributed by atoms with Gasteiger partial charge in [-0.3, -0.25) is 4.79 Å². The van der Waals surface area contributed by atoms with Gasteiger partial charge in [0.2, 0.25) is 0 Å². The fraction of sp³-hybridized carbons (Fsp3) is 0.190. The van der Waals surface area contributed by atoms with Gasteiger partial charge in [0.1, 0.15) is 6.61 Å². The molecule has 2 aromatic carbocycles. The zero-order valence-electron chi connectivity index (χ0n) is 14.8. The fourth-order valence-electron chi connectivity index (χ4n) is 2.71. The van der Waals surface area contributed by atoms with Crippen LogP contribution in [0.1, 0.15) is 23.1 Å². The van der Waals surface area contributed by atoms with E-state index < -0.39 is 35.3 Å². The SMILES string of the molecule is C=C(C(=O)[O-])C(CC(=O)OCc1ccccc1)(C(=O)[O-])c1ccc(C)cc1. The minimum absolute atomic E-state index is 0.0546. The second kappa shape index (κ2) is 8.31. The highest BCUT2D eigenvalue weighted by atomic mass is 16.5. The third-order valence-corrected chi connectivity index (χ3v) is 4.31. The summed E-state index contributed by atoms with van der Waals surface area (Å²) in [6.45, 7) is 5.04. The molecule has 27 heavy (non-hydrogen) atoms. The Morgan fingerprint density at radius 3 is 2.11 bits per heavy atom. The van der Waals surface area contributed by atoms with Gasteiger partial charge in [0.25, 0.3) is 0 Å². The van der Waals surface area contributed by atoms with Crippen molar-refractivity contribution in [3.63, 3.8) is 0 Å². The Labute approximate surface area is 156 Å². The third kappa shape index (κ3) is 4.41. The summed E-state index contributed by atoms with van der Waals surface area (Å²) >= 11 is 0. The number of carbonyl (C=O) groups is 3. The Morgan fingerprint density at radius 2 is 1.59 bits per heavy atom. The summed E-state index contributed by atoms with van der Waals surface area (Å²) in [6, 6.07) is 14.8. The van der Waals surface area contributed by atoms with Crippen LogP contribution in [0.25, 0.3) is 0 Å². The van der Waals surface area contributed by atoms with Crippen LogP contribution >= 0.6 is 0 Å². The number of ether oxygens (including phenoxy) is 1. The van der Waals surface area contributed by atoms with Crippen molar-refractivity contribution < 1.29 is 29.3 Å². The quantitative estimate of drug-likeness (QED) is 0.495. The third-order valence-electron chi connectivity index (χ3n) is 4.31. The molecule has 0 aliphatic rings. The molecule has 6 heteroatoms. The van der Waals surface area contributed by atoms with Crippen molar-refractivity contribution in [3.05, 3.63) is 83.4 Å². The molecule has 1 atom stereocenters. The monoisotopic (exact) mass is 366 g/mol. The van der Waals surface area contributed by atoms with Crippen molar-refractivity contribution in [2.24, 2.45) is 0 Å². The molecule has 0 heterocycles. The zero-order chi connectivity index (χ0) is 20.0. The molecule has 2 aromatic rings. The van der Waals surface area contributed by atoms with E-state index >= 15 is 0 Å². The van der Waals surface area contributed by atoms with Crippen molar-refractivity contribution in [2.45, 2.75) is 25.4 Å². The first kappa shape index (κ1) is 19.9. The Hall–Kier alpha value is -3.41. The van der Waals surface area contributed by atoms with Gasteiger partial charge < -0.3 is 24.5 Å². The maximum Gasteiger partial charge on any atom is 0.307 e. The van der Waals surface area contributed by atoms with Crippen LogP contribution < -0.4 is 10.2 Å². The molecular weight excluding hydrogens is 348 g/mol. The predicted molar refractivity (Wildman–Crippen MR) is 92.9 cm³/mol. The van der Waals surface area contributed by atoms with Gasteiger partial charge in [0.05, 0.1) is 23.8 Å². The molecule has 1 unspecified atom stereocenters. The van der Waals surface area contributed by atoms with E-state index in [1.54, 1.807) is 49.4 Å². The lowest BCUT2D eigenvalue weighted by atomic mass is 9.72. The highest BCUT2D eigenvalue weighted by Crippen LogP contribution is 2.35. The predicted octanol–water partition coefficient (Wildman–Crippen LogP) is 0.422. The van der Waals surface area contributed by atoms with Gasteiger partial charge in [-0.25, -0.2) is 0 Å². The normalized spacial score (nSPS) is 12.6. The highest BCUT2D eigenvalue weighted by Gasteiger charge is 2.40. The van der Waals surface area contributed by atoms with Crippen LogP contribution in [0.5, 0.6) is 0 Å². The first-order valence-electron chi connectivity index (χ1n) is 8.16. The number of carboxylic acids is 2. The molecule has 0 spiro atoms. The van der Waals surface area contributed by atoms with E-state index in [0.717, 1.165) is 5.56 Å². The van der Waals surface area contributed by atoms with Gasteiger partial charge in [-0.05, 0) is 23.6 Å². The number of aryl methyl sites for hydroxylation is 1. The van der Waals surface area contributed by atoms with Gasteiger partial charge in [-0.1, -0.05) is 66.7 Å². The summed E-state index contributed by atoms with van der Waals surface area (Å²) in [4.78, 5) is 35.7. The average Bonchev–Trinajstić information content (AvgIpc) is 2.65. The fourth-order valence-corrected chi connectivity index (χ4v) is 2.71. The Bertz CT molecular complexity index is 854. The minimum atomic E-state index is -2.29. The van der Waals surface area contributed by atoms with Crippen LogP contribution in [0.3, 0.4) is 0 Å². The number of carboxylic acid groups (broad SMARTS) is 2. The Morgan fingerprint density at radius 1 is 1.00 bits per heavy atom. The van der Waals surface area contributed by atoms with Crippen LogP contribution in [-0.4, -0.2) is 17.9 Å². The minimum Gasteiger partial charge on any atom is -0.549 e. The standard InChI is InChI=1S/C21H20O6/c1-14-8-10-17(11-9-14)21(20(25)26,15(2)19(23)24)12-18(22)27-13-16-6-4-3-5-7-16/h3-11H,2,12-13H2,1H3,(H,23,24)(H,25,26)/p-2. The lowest BCUT2D eigenvalue weighted by Crippen LogP contribution is -2.52. The summed E-state index contributed by atoms with van der Waals surface area (Å²) in [7, 11) is 0. The number of aliphatic carboxylic acids is 2. The van der Waals surface area contributed by atoms with Crippen LogP contribution in [0.4, 0.5) is 0 Å². The molecule has 6 nitrogen and oxygen atoms in total. The molecule has 0 radical (unpaired) electrons. The molecule has 0 bridgehead atoms. The van der Waals surface area contributed by atoms with E-state index in [4.69, 9.17) is 4.74 Å². The van der Waals surface area contributed by atoms with E-state index in [0.29, 0.717) is 5.56 Å². The van der Waals surface area contributed by atoms with Crippen LogP contribution in [-0.2, 0) is 31.1 Å². The Balaban J connectivity index is 2.35. The number of hydrogen-bond donors (Lipinski definition) is 0. The molecule has 0 saturated heterocycles. The molecular formula is C21H18O6-2. The molecule has 0 aliphatic heterocycles. The molecule has 0 aromatic heterocycles. The molecule has 0 N–H and O–H groups in total. The zero-order valence-corrected chi connectivity index (χ0v) is 14.8. The second-order valence-electron chi connectivity index (χ2n) is 6.15. The van der Waals surface area contributed by atoms with E-state index in [1.165, 1.54) is 12.1 Å². The van der Waals surface area contributed by atoms with Crippen LogP contribution in [0.2, 0.25) is 0 Å². The number of hydrogen-bond acceptors (Lipinski definition) is 6. The average molecular weight is 366 g/mol. The highest BCUT2D eigenvalue weighted by molar-refractivity contribution is 6.01. The van der Waals surface area contributed by atoms with E-state index in [-0.39, 0.29) is 12.2 Å². The first-order chi connectivity index (χ1) is 12.8. The maximum atomic E-state index is 12.3. The van der Waals surface area contributed by atoms with Crippen molar-refractivity contribution in [1.29, 1.82) is 0 Å². The Kier molecular flexibility index (Phi) is 6.13. The van der Waals surface area contributed by atoms with E-state index in [9.17, 15) is 24.6 Å². The maximum absolute atomic E-state index is 12.3. The van der Waals surface area contributed by atoms with E-state index in [2.05, 4.69) is 6.58 Å². The number of benzene rings is 2. The molecule has 140 valence electrons. The topological polar surface area (TPSA) is 107 Å². The largest absolute Gasteiger partial charge is 0.549 e. The van der Waals surface area contributed by atoms with E-state index in [1.807, 2.05) is 0 Å². The molecule has 2 rings (SSSR count). The molecule has 0 amide bonds. The number of carbonyl (C=O) groups excluding carboxylic acids is 3. The summed E-state index contributed by atoms with van der Waals surface area (Å²) in [6.07, 6.45) is -0.780. The number of esters is 1. The van der Waals surface area contributed by atoms with Crippen molar-refractivity contribution in [2.75, 3.05) is 0 Å². The van der Waals surface area contributed by atoms with Gasteiger partial charge in [-0.2, -0.15) is 0 Å². The second-order valence-corrected chi connectivity index (χ2v) is 6.15. The number of rotatable bonds is 8. The summed E-state index contributed by atoms with van der Waals surface area (Å²) < 4.78 is 5.12. The smallest absolute Gasteiger partial charge is 0.307 e.